The summed E-state index contributed by atoms with van der Waals surface area (Å²) in [5, 5.41) is 6.73. The largest absolute Gasteiger partial charge is 0.493 e. The summed E-state index contributed by atoms with van der Waals surface area (Å²) < 4.78 is 10.8. The fourth-order valence-electron chi connectivity index (χ4n) is 3.60. The van der Waals surface area contributed by atoms with Crippen molar-refractivity contribution in [1.82, 2.24) is 10.3 Å². The monoisotopic (exact) mass is 425 g/mol. The first-order chi connectivity index (χ1) is 15.3. The maximum absolute atomic E-state index is 5.78. The van der Waals surface area contributed by atoms with Crippen molar-refractivity contribution in [3.05, 3.63) is 48.2 Å². The highest BCUT2D eigenvalue weighted by Gasteiger charge is 2.11. The SMILES string of the molecule is CN=C(NCc1ccnc(N2CCCCCC2)c1)Nc1cccc(OCCCOC)c1. The van der Waals surface area contributed by atoms with E-state index >= 15 is 0 Å². The van der Waals surface area contributed by atoms with Gasteiger partial charge in [0.05, 0.1) is 6.61 Å². The number of hydrogen-bond acceptors (Lipinski definition) is 5. The van der Waals surface area contributed by atoms with Crippen LogP contribution in [0.4, 0.5) is 11.5 Å². The van der Waals surface area contributed by atoms with Crippen molar-refractivity contribution >= 4 is 17.5 Å². The standard InChI is InChI=1S/C24H35N5O2/c1-25-24(28-21-9-7-10-22(18-21)31-16-8-15-30-2)27-19-20-11-12-26-23(17-20)29-13-5-3-4-6-14-29/h7,9-12,17-18H,3-6,8,13-16,19H2,1-2H3,(H2,25,27,28). The molecule has 0 aliphatic carbocycles. The van der Waals surface area contributed by atoms with Crippen molar-refractivity contribution in [3.63, 3.8) is 0 Å². The van der Waals surface area contributed by atoms with Crippen LogP contribution >= 0.6 is 0 Å². The number of aromatic nitrogens is 1. The average Bonchev–Trinajstić information content (AvgIpc) is 3.10. The zero-order valence-corrected chi connectivity index (χ0v) is 18.8. The minimum Gasteiger partial charge on any atom is -0.493 e. The molecule has 0 saturated carbocycles. The molecule has 2 aromatic rings. The second kappa shape index (κ2) is 12.8. The molecule has 1 aromatic heterocycles. The Kier molecular flexibility index (Phi) is 9.44. The van der Waals surface area contributed by atoms with Crippen molar-refractivity contribution in [2.75, 3.05) is 50.7 Å². The molecule has 1 saturated heterocycles. The van der Waals surface area contributed by atoms with Gasteiger partial charge in [0.15, 0.2) is 5.96 Å². The van der Waals surface area contributed by atoms with Crippen molar-refractivity contribution in [2.45, 2.75) is 38.6 Å². The quantitative estimate of drug-likeness (QED) is 0.359. The van der Waals surface area contributed by atoms with Gasteiger partial charge in [0, 0.05) is 64.8 Å². The number of rotatable bonds is 9. The van der Waals surface area contributed by atoms with Crippen molar-refractivity contribution in [3.8, 4) is 5.75 Å². The van der Waals surface area contributed by atoms with Crippen LogP contribution in [0.2, 0.25) is 0 Å². The summed E-state index contributed by atoms with van der Waals surface area (Å²) in [6.07, 6.45) is 7.89. The number of aliphatic imine (C=N–C) groups is 1. The Hall–Kier alpha value is -2.80. The van der Waals surface area contributed by atoms with Gasteiger partial charge in [-0.3, -0.25) is 4.99 Å². The molecule has 0 spiro atoms. The third-order valence-corrected chi connectivity index (χ3v) is 5.28. The van der Waals surface area contributed by atoms with Crippen molar-refractivity contribution in [1.29, 1.82) is 0 Å². The zero-order valence-electron chi connectivity index (χ0n) is 18.8. The molecule has 168 valence electrons. The summed E-state index contributed by atoms with van der Waals surface area (Å²) >= 11 is 0. The molecular weight excluding hydrogens is 390 g/mol. The van der Waals surface area contributed by atoms with Gasteiger partial charge < -0.3 is 25.0 Å². The average molecular weight is 426 g/mol. The number of nitrogens with zero attached hydrogens (tertiary/aromatic N) is 3. The van der Waals surface area contributed by atoms with Gasteiger partial charge in [-0.15, -0.1) is 0 Å². The molecular formula is C24H35N5O2. The third-order valence-electron chi connectivity index (χ3n) is 5.28. The number of benzene rings is 1. The van der Waals surface area contributed by atoms with Gasteiger partial charge in [-0.05, 0) is 42.7 Å². The Labute approximate surface area is 185 Å². The van der Waals surface area contributed by atoms with Crippen molar-refractivity contribution < 1.29 is 9.47 Å². The highest BCUT2D eigenvalue weighted by Crippen LogP contribution is 2.19. The molecule has 2 heterocycles. The third kappa shape index (κ3) is 7.75. The van der Waals surface area contributed by atoms with E-state index in [2.05, 4.69) is 37.6 Å². The highest BCUT2D eigenvalue weighted by atomic mass is 16.5. The fourth-order valence-corrected chi connectivity index (χ4v) is 3.60. The Morgan fingerprint density at radius 3 is 2.71 bits per heavy atom. The van der Waals surface area contributed by atoms with Gasteiger partial charge in [0.25, 0.3) is 0 Å². The summed E-state index contributed by atoms with van der Waals surface area (Å²) in [5.41, 5.74) is 2.12. The Morgan fingerprint density at radius 1 is 1.10 bits per heavy atom. The zero-order chi connectivity index (χ0) is 21.7. The van der Waals surface area contributed by atoms with E-state index in [-0.39, 0.29) is 0 Å². The maximum Gasteiger partial charge on any atom is 0.195 e. The van der Waals surface area contributed by atoms with Gasteiger partial charge in [-0.25, -0.2) is 4.98 Å². The summed E-state index contributed by atoms with van der Waals surface area (Å²) in [4.78, 5) is 11.4. The van der Waals surface area contributed by atoms with Gasteiger partial charge >= 0.3 is 0 Å². The maximum atomic E-state index is 5.78. The van der Waals surface area contributed by atoms with Crippen LogP contribution in [0.15, 0.2) is 47.6 Å². The van der Waals surface area contributed by atoms with E-state index in [1.165, 1.54) is 31.2 Å². The Morgan fingerprint density at radius 2 is 1.94 bits per heavy atom. The van der Waals surface area contributed by atoms with Gasteiger partial charge in [-0.1, -0.05) is 18.9 Å². The van der Waals surface area contributed by atoms with E-state index in [1.54, 1.807) is 14.2 Å². The molecule has 1 fully saturated rings. The van der Waals surface area contributed by atoms with E-state index in [1.807, 2.05) is 30.5 Å². The van der Waals surface area contributed by atoms with Crippen molar-refractivity contribution in [2.24, 2.45) is 4.99 Å². The molecule has 1 aromatic carbocycles. The fraction of sp³-hybridized carbons (Fsp3) is 0.500. The molecule has 3 rings (SSSR count). The molecule has 0 amide bonds. The Balaban J connectivity index is 1.53. The smallest absolute Gasteiger partial charge is 0.195 e. The van der Waals surface area contributed by atoms with E-state index in [0.29, 0.717) is 25.7 Å². The minimum atomic E-state index is 0.631. The molecule has 0 unspecified atom stereocenters. The molecule has 2 N–H and O–H groups in total. The molecule has 1 aliphatic rings. The van der Waals surface area contributed by atoms with Crippen LogP contribution in [-0.4, -0.2) is 51.4 Å². The van der Waals surface area contributed by atoms with Crippen LogP contribution in [0.25, 0.3) is 0 Å². The predicted octanol–water partition coefficient (Wildman–Crippen LogP) is 4.06. The molecule has 0 atom stereocenters. The summed E-state index contributed by atoms with van der Waals surface area (Å²) in [6, 6.07) is 12.1. The van der Waals surface area contributed by atoms with E-state index in [4.69, 9.17) is 9.47 Å². The van der Waals surface area contributed by atoms with Crippen LogP contribution in [0.5, 0.6) is 5.75 Å². The molecule has 7 heteroatoms. The topological polar surface area (TPSA) is 71.0 Å². The van der Waals surface area contributed by atoms with Gasteiger partial charge in [0.1, 0.15) is 11.6 Å². The number of anilines is 2. The molecule has 0 radical (unpaired) electrons. The second-order valence-corrected chi connectivity index (χ2v) is 7.70. The molecule has 0 bridgehead atoms. The minimum absolute atomic E-state index is 0.631. The lowest BCUT2D eigenvalue weighted by atomic mass is 10.2. The lowest BCUT2D eigenvalue weighted by Gasteiger charge is -2.22. The number of methoxy groups -OCH3 is 1. The summed E-state index contributed by atoms with van der Waals surface area (Å²) in [7, 11) is 3.47. The number of pyridine rings is 1. The number of guanidine groups is 1. The first-order valence-corrected chi connectivity index (χ1v) is 11.2. The molecule has 31 heavy (non-hydrogen) atoms. The van der Waals surface area contributed by atoms with Crippen LogP contribution in [0, 0.1) is 0 Å². The number of hydrogen-bond donors (Lipinski definition) is 2. The molecule has 7 nitrogen and oxygen atoms in total. The van der Waals surface area contributed by atoms with E-state index in [0.717, 1.165) is 36.8 Å². The summed E-state index contributed by atoms with van der Waals surface area (Å²) in [6.45, 7) is 4.19. The first-order valence-electron chi connectivity index (χ1n) is 11.2. The summed E-state index contributed by atoms with van der Waals surface area (Å²) in [5.74, 6) is 2.61. The lowest BCUT2D eigenvalue weighted by molar-refractivity contribution is 0.172. The predicted molar refractivity (Wildman–Crippen MR) is 127 cm³/mol. The van der Waals surface area contributed by atoms with Gasteiger partial charge in [0.2, 0.25) is 0 Å². The molecule has 1 aliphatic heterocycles. The van der Waals surface area contributed by atoms with Gasteiger partial charge in [-0.2, -0.15) is 0 Å². The van der Waals surface area contributed by atoms with Crippen LogP contribution in [-0.2, 0) is 11.3 Å². The van der Waals surface area contributed by atoms with Crippen LogP contribution in [0.3, 0.4) is 0 Å². The van der Waals surface area contributed by atoms with Crippen LogP contribution in [0.1, 0.15) is 37.7 Å². The second-order valence-electron chi connectivity index (χ2n) is 7.70. The van der Waals surface area contributed by atoms with E-state index < -0.39 is 0 Å². The number of nitrogens with one attached hydrogen (secondary N) is 2. The Bertz CT molecular complexity index is 819. The highest BCUT2D eigenvalue weighted by molar-refractivity contribution is 5.93. The normalized spacial score (nSPS) is 14.8. The van der Waals surface area contributed by atoms with Crippen LogP contribution < -0.4 is 20.3 Å². The first kappa shape index (κ1) is 22.9. The van der Waals surface area contributed by atoms with E-state index in [9.17, 15) is 0 Å². The number of ether oxygens (including phenoxy) is 2. The lowest BCUT2D eigenvalue weighted by Crippen LogP contribution is -2.30.